The molecule has 0 spiro atoms. The van der Waals surface area contributed by atoms with Crippen molar-refractivity contribution in [3.8, 4) is 5.75 Å². The van der Waals surface area contributed by atoms with Gasteiger partial charge in [0.05, 0.1) is 17.3 Å². The standard InChI is InChI=1S/C15H12Cl3NO2/c16-8-15(21)19(9-10-3-1-2-4-14(10)20)13-7-11(17)5-6-12(13)18/h1-7,20H,8-9H2. The number of carbonyl (C=O) groups excluding carboxylic acids is 1. The third-order valence-corrected chi connectivity index (χ3v) is 3.72. The summed E-state index contributed by atoms with van der Waals surface area (Å²) in [5.41, 5.74) is 1.05. The minimum atomic E-state index is -0.330. The van der Waals surface area contributed by atoms with Gasteiger partial charge in [0.1, 0.15) is 11.6 Å². The highest BCUT2D eigenvalue weighted by Gasteiger charge is 2.19. The zero-order valence-electron chi connectivity index (χ0n) is 10.9. The van der Waals surface area contributed by atoms with Gasteiger partial charge < -0.3 is 10.0 Å². The number of halogens is 3. The van der Waals surface area contributed by atoms with Crippen LogP contribution in [0.15, 0.2) is 42.5 Å². The van der Waals surface area contributed by atoms with E-state index in [0.29, 0.717) is 21.3 Å². The Balaban J connectivity index is 2.42. The Bertz CT molecular complexity index is 661. The van der Waals surface area contributed by atoms with Crippen molar-refractivity contribution >= 4 is 46.4 Å². The average Bonchev–Trinajstić information content (AvgIpc) is 2.48. The number of rotatable bonds is 4. The van der Waals surface area contributed by atoms with Crippen LogP contribution in [0.1, 0.15) is 5.56 Å². The van der Waals surface area contributed by atoms with Gasteiger partial charge in [0.15, 0.2) is 0 Å². The molecule has 0 heterocycles. The topological polar surface area (TPSA) is 40.5 Å². The summed E-state index contributed by atoms with van der Waals surface area (Å²) in [6.45, 7) is 0.151. The molecule has 0 saturated carbocycles. The molecule has 0 atom stereocenters. The maximum absolute atomic E-state index is 12.1. The number of phenols is 1. The zero-order chi connectivity index (χ0) is 15.4. The third kappa shape index (κ3) is 3.82. The molecule has 3 nitrogen and oxygen atoms in total. The number of aromatic hydroxyl groups is 1. The Labute approximate surface area is 137 Å². The van der Waals surface area contributed by atoms with E-state index in [1.165, 1.54) is 4.90 Å². The van der Waals surface area contributed by atoms with Crippen molar-refractivity contribution in [2.75, 3.05) is 10.8 Å². The lowest BCUT2D eigenvalue weighted by atomic mass is 10.1. The molecular formula is C15H12Cl3NO2. The summed E-state index contributed by atoms with van der Waals surface area (Å²) in [6, 6.07) is 11.6. The Morgan fingerprint density at radius 1 is 1.14 bits per heavy atom. The molecule has 0 aliphatic heterocycles. The summed E-state index contributed by atoms with van der Waals surface area (Å²) in [5.74, 6) is -0.428. The van der Waals surface area contributed by atoms with Crippen molar-refractivity contribution in [3.05, 3.63) is 58.1 Å². The summed E-state index contributed by atoms with van der Waals surface area (Å²) in [5, 5.41) is 10.7. The Morgan fingerprint density at radius 3 is 2.52 bits per heavy atom. The zero-order valence-corrected chi connectivity index (χ0v) is 13.2. The summed E-state index contributed by atoms with van der Waals surface area (Å²) in [4.78, 5) is 13.5. The van der Waals surface area contributed by atoms with Crippen LogP contribution in [-0.2, 0) is 11.3 Å². The molecule has 0 aromatic heterocycles. The first-order valence-corrected chi connectivity index (χ1v) is 7.40. The second-order valence-electron chi connectivity index (χ2n) is 4.34. The van der Waals surface area contributed by atoms with Crippen LogP contribution >= 0.6 is 34.8 Å². The molecule has 1 amide bonds. The monoisotopic (exact) mass is 343 g/mol. The molecule has 0 unspecified atom stereocenters. The van der Waals surface area contributed by atoms with Gasteiger partial charge in [-0.25, -0.2) is 0 Å². The Hall–Kier alpha value is -1.42. The van der Waals surface area contributed by atoms with Crippen LogP contribution in [0.5, 0.6) is 5.75 Å². The first-order chi connectivity index (χ1) is 10.0. The molecule has 0 radical (unpaired) electrons. The molecule has 0 saturated heterocycles. The molecule has 6 heteroatoms. The van der Waals surface area contributed by atoms with Crippen molar-refractivity contribution in [3.63, 3.8) is 0 Å². The van der Waals surface area contributed by atoms with E-state index in [1.807, 2.05) is 0 Å². The fraction of sp³-hybridized carbons (Fsp3) is 0.133. The van der Waals surface area contributed by atoms with Gasteiger partial charge in [-0.05, 0) is 24.3 Å². The number of hydrogen-bond acceptors (Lipinski definition) is 2. The summed E-state index contributed by atoms with van der Waals surface area (Å²) in [6.07, 6.45) is 0. The van der Waals surface area contributed by atoms with Crippen LogP contribution in [0.25, 0.3) is 0 Å². The van der Waals surface area contributed by atoms with E-state index in [4.69, 9.17) is 34.8 Å². The highest BCUT2D eigenvalue weighted by atomic mass is 35.5. The lowest BCUT2D eigenvalue weighted by Crippen LogP contribution is -2.31. The van der Waals surface area contributed by atoms with Crippen molar-refractivity contribution in [2.24, 2.45) is 0 Å². The van der Waals surface area contributed by atoms with E-state index < -0.39 is 0 Å². The predicted molar refractivity (Wildman–Crippen MR) is 86.5 cm³/mol. The number of nitrogens with zero attached hydrogens (tertiary/aromatic N) is 1. The molecule has 0 bridgehead atoms. The van der Waals surface area contributed by atoms with E-state index in [1.54, 1.807) is 42.5 Å². The normalized spacial score (nSPS) is 10.4. The quantitative estimate of drug-likeness (QED) is 0.831. The second kappa shape index (κ2) is 7.03. The average molecular weight is 345 g/mol. The van der Waals surface area contributed by atoms with Gasteiger partial charge in [-0.15, -0.1) is 11.6 Å². The van der Waals surface area contributed by atoms with Crippen LogP contribution in [0.4, 0.5) is 5.69 Å². The van der Waals surface area contributed by atoms with Gasteiger partial charge in [0.25, 0.3) is 0 Å². The number of phenolic OH excluding ortho intramolecular Hbond substituents is 1. The minimum Gasteiger partial charge on any atom is -0.508 e. The number of hydrogen-bond donors (Lipinski definition) is 1. The van der Waals surface area contributed by atoms with Gasteiger partial charge >= 0.3 is 0 Å². The van der Waals surface area contributed by atoms with Crippen LogP contribution < -0.4 is 4.90 Å². The van der Waals surface area contributed by atoms with Crippen molar-refractivity contribution in [1.29, 1.82) is 0 Å². The van der Waals surface area contributed by atoms with E-state index in [2.05, 4.69) is 0 Å². The fourth-order valence-corrected chi connectivity index (χ4v) is 2.42. The molecule has 2 aromatic rings. The summed E-state index contributed by atoms with van der Waals surface area (Å²) in [7, 11) is 0. The van der Waals surface area contributed by atoms with Crippen molar-refractivity contribution in [2.45, 2.75) is 6.54 Å². The second-order valence-corrected chi connectivity index (χ2v) is 5.45. The molecule has 2 rings (SSSR count). The number of carbonyl (C=O) groups is 1. The lowest BCUT2D eigenvalue weighted by molar-refractivity contribution is -0.116. The highest BCUT2D eigenvalue weighted by molar-refractivity contribution is 6.36. The SMILES string of the molecule is O=C(CCl)N(Cc1ccccc1O)c1cc(Cl)ccc1Cl. The Morgan fingerprint density at radius 2 is 1.86 bits per heavy atom. The first kappa shape index (κ1) is 16.0. The largest absolute Gasteiger partial charge is 0.508 e. The number of para-hydroxylation sites is 1. The molecule has 0 aliphatic carbocycles. The Kier molecular flexibility index (Phi) is 5.34. The highest BCUT2D eigenvalue weighted by Crippen LogP contribution is 2.31. The molecule has 2 aromatic carbocycles. The van der Waals surface area contributed by atoms with E-state index in [0.717, 1.165) is 0 Å². The molecule has 0 aliphatic rings. The third-order valence-electron chi connectivity index (χ3n) is 2.93. The first-order valence-electron chi connectivity index (χ1n) is 6.11. The van der Waals surface area contributed by atoms with E-state index in [9.17, 15) is 9.90 Å². The van der Waals surface area contributed by atoms with Gasteiger partial charge in [0, 0.05) is 10.6 Å². The van der Waals surface area contributed by atoms with Gasteiger partial charge in [0.2, 0.25) is 5.91 Å². The van der Waals surface area contributed by atoms with Gasteiger partial charge in [-0.3, -0.25) is 4.79 Å². The van der Waals surface area contributed by atoms with Gasteiger partial charge in [-0.2, -0.15) is 0 Å². The smallest absolute Gasteiger partial charge is 0.242 e. The predicted octanol–water partition coefficient (Wildman–Crippen LogP) is 4.47. The summed E-state index contributed by atoms with van der Waals surface area (Å²) < 4.78 is 0. The molecular weight excluding hydrogens is 333 g/mol. The molecule has 110 valence electrons. The lowest BCUT2D eigenvalue weighted by Gasteiger charge is -2.23. The number of anilines is 1. The summed E-state index contributed by atoms with van der Waals surface area (Å²) >= 11 is 17.8. The van der Waals surface area contributed by atoms with Crippen LogP contribution in [-0.4, -0.2) is 16.9 Å². The minimum absolute atomic E-state index is 0.100. The van der Waals surface area contributed by atoms with Crippen LogP contribution in [0.3, 0.4) is 0 Å². The molecule has 1 N–H and O–H groups in total. The maximum atomic E-state index is 12.1. The van der Waals surface area contributed by atoms with Gasteiger partial charge in [-0.1, -0.05) is 41.4 Å². The van der Waals surface area contributed by atoms with Crippen molar-refractivity contribution < 1.29 is 9.90 Å². The van der Waals surface area contributed by atoms with Crippen molar-refractivity contribution in [1.82, 2.24) is 0 Å². The van der Waals surface area contributed by atoms with Crippen LogP contribution in [0, 0.1) is 0 Å². The van der Waals surface area contributed by atoms with E-state index in [-0.39, 0.29) is 24.1 Å². The fourth-order valence-electron chi connectivity index (χ4n) is 1.89. The maximum Gasteiger partial charge on any atom is 0.242 e. The molecule has 0 fully saturated rings. The number of amides is 1. The molecule has 21 heavy (non-hydrogen) atoms. The van der Waals surface area contributed by atoms with E-state index >= 15 is 0 Å². The number of benzene rings is 2. The number of alkyl halides is 1. The van der Waals surface area contributed by atoms with Crippen LogP contribution in [0.2, 0.25) is 10.0 Å².